The molecule has 0 spiro atoms. The lowest BCUT2D eigenvalue weighted by Crippen LogP contribution is -2.53. The first kappa shape index (κ1) is 16.5. The number of amides is 3. The van der Waals surface area contributed by atoms with Crippen LogP contribution in [0.1, 0.15) is 34.9 Å². The lowest BCUT2D eigenvalue weighted by atomic mass is 10.2. The van der Waals surface area contributed by atoms with Gasteiger partial charge in [-0.05, 0) is 18.6 Å². The maximum absolute atomic E-state index is 12.4. The molecule has 0 aliphatic carbocycles. The van der Waals surface area contributed by atoms with Gasteiger partial charge in [-0.1, -0.05) is 6.92 Å². The number of piperazine rings is 1. The average molecular weight is 347 g/mol. The Bertz CT molecular complexity index is 663. The van der Waals surface area contributed by atoms with E-state index >= 15 is 0 Å². The smallest absolute Gasteiger partial charge is 0.318 e. The van der Waals surface area contributed by atoms with Crippen molar-refractivity contribution in [3.8, 4) is 0 Å². The van der Waals surface area contributed by atoms with Crippen LogP contribution in [0.4, 0.5) is 4.79 Å². The van der Waals surface area contributed by atoms with Crippen LogP contribution in [-0.2, 0) is 0 Å². The number of aromatic amines is 1. The summed E-state index contributed by atoms with van der Waals surface area (Å²) in [5.41, 5.74) is 0.586. The molecular formula is C16H21N5O2S. The highest BCUT2D eigenvalue weighted by Gasteiger charge is 2.26. The highest BCUT2D eigenvalue weighted by Crippen LogP contribution is 2.19. The van der Waals surface area contributed by atoms with E-state index in [2.05, 4.69) is 15.3 Å². The van der Waals surface area contributed by atoms with Crippen molar-refractivity contribution < 1.29 is 9.59 Å². The number of rotatable bonds is 4. The minimum absolute atomic E-state index is 0.0192. The van der Waals surface area contributed by atoms with Crippen LogP contribution in [-0.4, -0.2) is 57.9 Å². The van der Waals surface area contributed by atoms with Gasteiger partial charge in [-0.3, -0.25) is 4.79 Å². The largest absolute Gasteiger partial charge is 0.357 e. The maximum Gasteiger partial charge on any atom is 0.318 e. The Morgan fingerprint density at radius 1 is 1.33 bits per heavy atom. The van der Waals surface area contributed by atoms with Gasteiger partial charge in [0.05, 0.1) is 6.04 Å². The van der Waals surface area contributed by atoms with E-state index in [1.165, 1.54) is 0 Å². The molecule has 2 N–H and O–H groups in total. The predicted octanol–water partition coefficient (Wildman–Crippen LogP) is 2.09. The fraction of sp³-hybridized carbons (Fsp3) is 0.438. The lowest BCUT2D eigenvalue weighted by molar-refractivity contribution is 0.0658. The van der Waals surface area contributed by atoms with E-state index in [9.17, 15) is 9.59 Å². The number of hydrogen-bond donors (Lipinski definition) is 2. The zero-order valence-electron chi connectivity index (χ0n) is 13.6. The monoisotopic (exact) mass is 347 g/mol. The lowest BCUT2D eigenvalue weighted by Gasteiger charge is -2.35. The van der Waals surface area contributed by atoms with Crippen molar-refractivity contribution in [2.24, 2.45) is 0 Å². The number of hydrogen-bond acceptors (Lipinski definition) is 4. The van der Waals surface area contributed by atoms with Gasteiger partial charge in [-0.15, -0.1) is 11.3 Å². The third-order valence-corrected chi connectivity index (χ3v) is 5.03. The van der Waals surface area contributed by atoms with Crippen LogP contribution in [0, 0.1) is 0 Å². The van der Waals surface area contributed by atoms with Crippen molar-refractivity contribution in [2.75, 3.05) is 26.2 Å². The number of carbonyl (C=O) groups is 2. The Balaban J connectivity index is 1.52. The highest BCUT2D eigenvalue weighted by molar-refractivity contribution is 7.09. The average Bonchev–Trinajstić information content (AvgIpc) is 3.32. The number of nitrogens with one attached hydrogen (secondary N) is 2. The van der Waals surface area contributed by atoms with E-state index in [4.69, 9.17) is 0 Å². The summed E-state index contributed by atoms with van der Waals surface area (Å²) in [7, 11) is 0. The van der Waals surface area contributed by atoms with Crippen LogP contribution in [0.25, 0.3) is 0 Å². The molecule has 24 heavy (non-hydrogen) atoms. The summed E-state index contributed by atoms with van der Waals surface area (Å²) in [6.45, 7) is 4.18. The summed E-state index contributed by atoms with van der Waals surface area (Å²) in [5.74, 6) is -0.0192. The molecule has 2 aromatic rings. The number of urea groups is 1. The van der Waals surface area contributed by atoms with Gasteiger partial charge in [0.1, 0.15) is 10.7 Å². The molecule has 1 saturated heterocycles. The number of aromatic nitrogens is 2. The minimum atomic E-state index is -0.0935. The first-order valence-electron chi connectivity index (χ1n) is 8.06. The standard InChI is InChI=1S/C16H21N5O2S/c1-2-12(14-18-6-11-24-14)19-16(23)21-9-7-20(8-10-21)15(22)13-4-3-5-17-13/h3-6,11-12,17H,2,7-10H2,1H3,(H,19,23)/t12-/m1/s1. The second-order valence-corrected chi connectivity index (χ2v) is 6.57. The van der Waals surface area contributed by atoms with E-state index in [1.807, 2.05) is 12.3 Å². The zero-order valence-corrected chi connectivity index (χ0v) is 14.4. The van der Waals surface area contributed by atoms with Gasteiger partial charge >= 0.3 is 6.03 Å². The molecule has 0 saturated carbocycles. The molecule has 0 radical (unpaired) electrons. The first-order chi connectivity index (χ1) is 11.7. The van der Waals surface area contributed by atoms with Gasteiger partial charge in [0.25, 0.3) is 5.91 Å². The molecule has 0 bridgehead atoms. The summed E-state index contributed by atoms with van der Waals surface area (Å²) in [4.78, 5) is 35.5. The van der Waals surface area contributed by atoms with Crippen molar-refractivity contribution >= 4 is 23.3 Å². The molecule has 1 aliphatic heterocycles. The van der Waals surface area contributed by atoms with Crippen molar-refractivity contribution in [3.05, 3.63) is 40.6 Å². The molecule has 0 unspecified atom stereocenters. The fourth-order valence-electron chi connectivity index (χ4n) is 2.73. The van der Waals surface area contributed by atoms with Crippen LogP contribution in [0.2, 0.25) is 0 Å². The van der Waals surface area contributed by atoms with Crippen LogP contribution in [0.3, 0.4) is 0 Å². The zero-order chi connectivity index (χ0) is 16.9. The Morgan fingerprint density at radius 3 is 2.67 bits per heavy atom. The second kappa shape index (κ2) is 7.48. The van der Waals surface area contributed by atoms with Crippen LogP contribution >= 0.6 is 11.3 Å². The molecule has 1 atom stereocenters. The van der Waals surface area contributed by atoms with Crippen LogP contribution < -0.4 is 5.32 Å². The van der Waals surface area contributed by atoms with E-state index in [0.717, 1.165) is 11.4 Å². The number of carbonyl (C=O) groups excluding carboxylic acids is 2. The van der Waals surface area contributed by atoms with Gasteiger partial charge in [0.15, 0.2) is 0 Å². The normalized spacial score (nSPS) is 16.0. The van der Waals surface area contributed by atoms with Crippen molar-refractivity contribution in [1.82, 2.24) is 25.1 Å². The van der Waals surface area contributed by atoms with Gasteiger partial charge in [-0.25, -0.2) is 9.78 Å². The molecule has 3 amide bonds. The molecule has 7 nitrogen and oxygen atoms in total. The van der Waals surface area contributed by atoms with Gasteiger partial charge in [0.2, 0.25) is 0 Å². The Kier molecular flexibility index (Phi) is 5.14. The third-order valence-electron chi connectivity index (χ3n) is 4.14. The Hall–Kier alpha value is -2.35. The highest BCUT2D eigenvalue weighted by atomic mass is 32.1. The topological polar surface area (TPSA) is 81.3 Å². The summed E-state index contributed by atoms with van der Waals surface area (Å²) in [5, 5.41) is 5.87. The maximum atomic E-state index is 12.4. The molecule has 3 rings (SSSR count). The summed E-state index contributed by atoms with van der Waals surface area (Å²) in [6, 6.07) is 3.42. The van der Waals surface area contributed by atoms with Gasteiger partial charge in [0, 0.05) is 44.0 Å². The third kappa shape index (κ3) is 3.59. The first-order valence-corrected chi connectivity index (χ1v) is 8.94. The van der Waals surface area contributed by atoms with Gasteiger partial charge < -0.3 is 20.1 Å². The number of thiazole rings is 1. The fourth-order valence-corrected chi connectivity index (χ4v) is 3.50. The van der Waals surface area contributed by atoms with Crippen molar-refractivity contribution in [1.29, 1.82) is 0 Å². The molecule has 2 aromatic heterocycles. The van der Waals surface area contributed by atoms with Crippen molar-refractivity contribution in [2.45, 2.75) is 19.4 Å². The number of nitrogens with zero attached hydrogens (tertiary/aromatic N) is 3. The molecule has 3 heterocycles. The molecule has 1 fully saturated rings. The molecule has 0 aromatic carbocycles. The minimum Gasteiger partial charge on any atom is -0.357 e. The summed E-state index contributed by atoms with van der Waals surface area (Å²) in [6.07, 6.45) is 4.28. The Labute approximate surface area is 144 Å². The second-order valence-electron chi connectivity index (χ2n) is 5.64. The SMILES string of the molecule is CC[C@@H](NC(=O)N1CCN(C(=O)c2ccc[nH]2)CC1)c1nccs1. The van der Waals surface area contributed by atoms with Crippen LogP contribution in [0.5, 0.6) is 0 Å². The quantitative estimate of drug-likeness (QED) is 0.888. The van der Waals surface area contributed by atoms with E-state index in [0.29, 0.717) is 31.9 Å². The Morgan fingerprint density at radius 2 is 2.08 bits per heavy atom. The molecule has 8 heteroatoms. The summed E-state index contributed by atoms with van der Waals surface area (Å²) < 4.78 is 0. The van der Waals surface area contributed by atoms with E-state index < -0.39 is 0 Å². The molecule has 128 valence electrons. The molecular weight excluding hydrogens is 326 g/mol. The van der Waals surface area contributed by atoms with Crippen molar-refractivity contribution in [3.63, 3.8) is 0 Å². The van der Waals surface area contributed by atoms with Crippen LogP contribution in [0.15, 0.2) is 29.9 Å². The summed E-state index contributed by atoms with van der Waals surface area (Å²) >= 11 is 1.55. The van der Waals surface area contributed by atoms with E-state index in [-0.39, 0.29) is 18.0 Å². The van der Waals surface area contributed by atoms with E-state index in [1.54, 1.807) is 45.7 Å². The predicted molar refractivity (Wildman–Crippen MR) is 91.9 cm³/mol. The molecule has 1 aliphatic rings. The number of H-pyrrole nitrogens is 1. The van der Waals surface area contributed by atoms with Gasteiger partial charge in [-0.2, -0.15) is 0 Å².